The summed E-state index contributed by atoms with van der Waals surface area (Å²) in [6.07, 6.45) is 16.7. The molecular weight excluding hydrogens is 1500 g/mol. The van der Waals surface area contributed by atoms with Crippen LogP contribution < -0.4 is 0 Å². The lowest BCUT2D eigenvalue weighted by molar-refractivity contribution is -0.338. The second-order valence-corrected chi connectivity index (χ2v) is 54.4. The maximum Gasteiger partial charge on any atom is 0.111 e. The molecule has 112 heavy (non-hydrogen) atoms. The van der Waals surface area contributed by atoms with E-state index >= 15 is 0 Å². The third-order valence-electron chi connectivity index (χ3n) is 16.3. The minimum absolute atomic E-state index is 0.120. The number of rotatable bonds is 79. The van der Waals surface area contributed by atoms with Crippen LogP contribution in [-0.4, -0.2) is 272 Å². The van der Waals surface area contributed by atoms with Crippen molar-refractivity contribution >= 4 is 32.3 Å². The molecule has 0 aliphatic heterocycles. The van der Waals surface area contributed by atoms with Crippen molar-refractivity contribution in [1.29, 1.82) is 0 Å². The van der Waals surface area contributed by atoms with Crippen LogP contribution >= 0.6 is 0 Å². The molecule has 0 radical (unpaired) electrons. The molecule has 0 N–H and O–H groups in total. The van der Waals surface area contributed by atoms with Gasteiger partial charge in [-0.25, -0.2) is 48.5 Å². The van der Waals surface area contributed by atoms with Crippen LogP contribution in [0.2, 0.25) is 103 Å². The first-order chi connectivity index (χ1) is 54.0. The van der Waals surface area contributed by atoms with Crippen molar-refractivity contribution in [1.82, 2.24) is 30.0 Å². The molecule has 2 aromatic rings. The Hall–Kier alpha value is -2.69. The molecule has 2 heterocycles. The first-order valence-electron chi connectivity index (χ1n) is 41.9. The SMILES string of the molecule is C=C.C=C.C=C.C=C.CCCCOOCC(COOCCCC)OCC(COC(COOCCCC)COOCCCC)n1cc(CCCCc2cn(C(COC(COCCOCCC[Si](C)(C)C)COCCOCCC[Si](C)(C)C)COC(COCCOCCC[Si](C)(C)C)COCCOCCC[Si](C)(C)C)nn2)nn1. The highest BCUT2D eigenvalue weighted by Gasteiger charge is 2.25. The molecule has 662 valence electrons. The largest absolute Gasteiger partial charge is 0.379 e. The van der Waals surface area contributed by atoms with Crippen LogP contribution in [0.15, 0.2) is 65.0 Å². The monoisotopic (exact) mass is 1670 g/mol. The minimum atomic E-state index is -1.14. The molecule has 0 aliphatic carbocycles. The van der Waals surface area contributed by atoms with E-state index in [-0.39, 0.29) is 58.9 Å². The highest BCUT2D eigenvalue weighted by molar-refractivity contribution is 6.77. The molecule has 0 spiro atoms. The summed E-state index contributed by atoms with van der Waals surface area (Å²) in [5, 5.41) is 18.7. The zero-order valence-corrected chi connectivity index (χ0v) is 78.1. The van der Waals surface area contributed by atoms with Crippen LogP contribution in [0.4, 0.5) is 0 Å². The van der Waals surface area contributed by atoms with E-state index in [1.807, 2.05) is 17.1 Å². The quantitative estimate of drug-likeness (QED) is 0.0196. The van der Waals surface area contributed by atoms with Crippen LogP contribution in [0.3, 0.4) is 0 Å². The molecule has 0 amide bonds. The second-order valence-electron chi connectivity index (χ2n) is 32.0. The normalized spacial score (nSPS) is 12.1. The maximum atomic E-state index is 6.77. The number of hydrogen-bond acceptors (Lipinski definition) is 24. The summed E-state index contributed by atoms with van der Waals surface area (Å²) in [7, 11) is -4.55. The fourth-order valence-electron chi connectivity index (χ4n) is 9.89. The number of aromatic nitrogens is 6. The van der Waals surface area contributed by atoms with Gasteiger partial charge in [0.05, 0.1) is 144 Å². The zero-order valence-electron chi connectivity index (χ0n) is 74.1. The molecule has 0 aliphatic rings. The van der Waals surface area contributed by atoms with E-state index in [2.05, 4.69) is 169 Å². The Bertz CT molecular complexity index is 2070. The zero-order chi connectivity index (χ0) is 84.1. The van der Waals surface area contributed by atoms with E-state index in [9.17, 15) is 0 Å². The molecular formula is C82H168N6O20Si4. The van der Waals surface area contributed by atoms with Crippen molar-refractivity contribution in [2.45, 2.75) is 270 Å². The molecule has 30 heteroatoms. The predicted octanol–water partition coefficient (Wildman–Crippen LogP) is 17.3. The summed E-state index contributed by atoms with van der Waals surface area (Å²) in [5.74, 6) is 0. The van der Waals surface area contributed by atoms with E-state index in [0.717, 1.165) is 128 Å². The molecule has 0 saturated heterocycles. The van der Waals surface area contributed by atoms with Gasteiger partial charge in [0.15, 0.2) is 0 Å². The highest BCUT2D eigenvalue weighted by atomic mass is 28.3. The van der Waals surface area contributed by atoms with Gasteiger partial charge in [-0.3, -0.25) is 0 Å². The number of unbranched alkanes of at least 4 members (excludes halogenated alkanes) is 5. The van der Waals surface area contributed by atoms with Gasteiger partial charge < -0.3 is 56.8 Å². The lowest BCUT2D eigenvalue weighted by atomic mass is 10.1. The molecule has 0 saturated carbocycles. The van der Waals surface area contributed by atoms with Gasteiger partial charge in [-0.1, -0.05) is 167 Å². The van der Waals surface area contributed by atoms with Crippen molar-refractivity contribution in [2.24, 2.45) is 0 Å². The van der Waals surface area contributed by atoms with Gasteiger partial charge >= 0.3 is 0 Å². The van der Waals surface area contributed by atoms with Crippen molar-refractivity contribution in [2.75, 3.05) is 185 Å². The van der Waals surface area contributed by atoms with E-state index in [0.29, 0.717) is 119 Å². The van der Waals surface area contributed by atoms with Crippen LogP contribution in [0.5, 0.6) is 0 Å². The van der Waals surface area contributed by atoms with Gasteiger partial charge in [0, 0.05) is 71.1 Å². The fourth-order valence-corrected chi connectivity index (χ4v) is 14.7. The molecule has 26 nitrogen and oxygen atoms in total. The Morgan fingerprint density at radius 2 is 0.491 bits per heavy atom. The highest BCUT2D eigenvalue weighted by Crippen LogP contribution is 2.19. The third kappa shape index (κ3) is 76.0. The first-order valence-corrected chi connectivity index (χ1v) is 56.7. The number of ether oxygens (including phenoxy) is 12. The lowest BCUT2D eigenvalue weighted by Gasteiger charge is -2.25. The van der Waals surface area contributed by atoms with E-state index < -0.39 is 62.8 Å². The molecule has 0 atom stereocenters. The summed E-state index contributed by atoms with van der Waals surface area (Å²) >= 11 is 0. The standard InChI is InChI=1S/C74H152N6O20Si4.4C2H4/c1-17-21-37-93-97-63-73(64-98-94-38-22-18-2)91-57-70(58-92-74(65-99-95-39-23-19-3)66-100-96-40-24-20-4)80-54-68(76-78-80)32-26-25-31-67-53-79(77-75-67)69(55-89-71(59-85-45-41-81-33-27-49-101(5,6)7)60-86-46-42-82-34-28-50-102(8,9)10)56-90-72(61-87-47-43-83-35-29-51-103(11,12)13)62-88-48-44-84-36-30-52-104(14,15)16;4*1-2/h53-54,69-74H,17-52,55-66H2,1-16H3;4*1-2H2. The van der Waals surface area contributed by atoms with Crippen molar-refractivity contribution < 1.29 is 95.9 Å². The summed E-state index contributed by atoms with van der Waals surface area (Å²) in [6.45, 7) is 72.3. The van der Waals surface area contributed by atoms with Crippen molar-refractivity contribution in [3.63, 3.8) is 0 Å². The fraction of sp³-hybridized carbons (Fsp3) is 0.854. The van der Waals surface area contributed by atoms with Gasteiger partial charge in [-0.15, -0.1) is 62.8 Å². The van der Waals surface area contributed by atoms with E-state index in [4.69, 9.17) is 106 Å². The van der Waals surface area contributed by atoms with Crippen molar-refractivity contribution in [3.05, 3.63) is 76.4 Å². The Balaban J connectivity index is -0.0000143. The summed E-state index contributed by atoms with van der Waals surface area (Å²) < 4.78 is 79.1. The number of hydrogen-bond donors (Lipinski definition) is 0. The molecule has 0 aromatic carbocycles. The Morgan fingerprint density at radius 1 is 0.268 bits per heavy atom. The topological polar surface area (TPSA) is 246 Å². The molecule has 2 rings (SSSR count). The van der Waals surface area contributed by atoms with Crippen LogP contribution in [0.25, 0.3) is 0 Å². The average molecular weight is 1670 g/mol. The summed E-state index contributed by atoms with van der Waals surface area (Å²) in [6, 6.07) is 4.11. The van der Waals surface area contributed by atoms with Crippen molar-refractivity contribution in [3.8, 4) is 0 Å². The maximum absolute atomic E-state index is 6.77. The predicted molar refractivity (Wildman–Crippen MR) is 464 cm³/mol. The van der Waals surface area contributed by atoms with Crippen LogP contribution in [0, 0.1) is 0 Å². The number of nitrogens with zero attached hydrogens (tertiary/aromatic N) is 6. The van der Waals surface area contributed by atoms with E-state index in [1.165, 1.54) is 24.2 Å². The lowest BCUT2D eigenvalue weighted by Crippen LogP contribution is -2.34. The summed E-state index contributed by atoms with van der Waals surface area (Å²) in [5.41, 5.74) is 1.66. The Morgan fingerprint density at radius 3 is 0.714 bits per heavy atom. The second kappa shape index (κ2) is 79.4. The molecule has 0 fully saturated rings. The minimum Gasteiger partial charge on any atom is -0.379 e. The van der Waals surface area contributed by atoms with Gasteiger partial charge in [0.1, 0.15) is 62.9 Å². The van der Waals surface area contributed by atoms with Crippen LogP contribution in [0.1, 0.15) is 141 Å². The average Bonchev–Trinajstić information content (AvgIpc) is 1.73. The molecule has 0 bridgehead atoms. The summed E-state index contributed by atoms with van der Waals surface area (Å²) in [4.78, 5) is 44.2. The Labute approximate surface area is 685 Å². The molecule has 0 unspecified atom stereocenters. The van der Waals surface area contributed by atoms with Gasteiger partial charge in [0.2, 0.25) is 0 Å². The van der Waals surface area contributed by atoms with Gasteiger partial charge in [0.25, 0.3) is 0 Å². The van der Waals surface area contributed by atoms with Gasteiger partial charge in [-0.05, 0) is 77.0 Å². The van der Waals surface area contributed by atoms with Crippen LogP contribution in [-0.2, 0) is 109 Å². The first kappa shape index (κ1) is 113. The van der Waals surface area contributed by atoms with Gasteiger partial charge in [-0.2, -0.15) is 0 Å². The van der Waals surface area contributed by atoms with E-state index in [1.54, 1.807) is 4.68 Å². The Kier molecular flexibility index (Phi) is 80.5. The number of aryl methyl sites for hydroxylation is 2. The smallest absolute Gasteiger partial charge is 0.111 e. The molecule has 2 aromatic heterocycles. The third-order valence-corrected chi connectivity index (χ3v) is 23.7.